The van der Waals surface area contributed by atoms with E-state index in [0.717, 1.165) is 16.2 Å². The van der Waals surface area contributed by atoms with Crippen LogP contribution in [0.15, 0.2) is 60.7 Å². The Bertz CT molecular complexity index is 1540. The lowest BCUT2D eigenvalue weighted by Crippen LogP contribution is -2.29. The molecule has 1 aliphatic rings. The minimum atomic E-state index is -1.16. The molecule has 0 aliphatic carbocycles. The Morgan fingerprint density at radius 1 is 1.14 bits per heavy atom. The van der Waals surface area contributed by atoms with Crippen LogP contribution < -0.4 is 19.1 Å². The topological polar surface area (TPSA) is 124 Å². The fourth-order valence-electron chi connectivity index (χ4n) is 4.45. The lowest BCUT2D eigenvalue weighted by Gasteiger charge is -2.25. The SMILES string of the molecule is C=CCOC(=O)c1sc(N2C(=O)C(=O)/C(=C(/O)c3ccc(OCC(C)C)cc3)C2c2cccc(OC)c2OC)nc1C. The monoisotopic (exact) mass is 592 g/mol. The number of ether oxygens (including phenoxy) is 4. The predicted octanol–water partition coefficient (Wildman–Crippen LogP) is 5.47. The highest BCUT2D eigenvalue weighted by molar-refractivity contribution is 7.17. The van der Waals surface area contributed by atoms with Crippen molar-refractivity contribution in [3.8, 4) is 17.2 Å². The molecule has 1 N–H and O–H groups in total. The third kappa shape index (κ3) is 5.87. The van der Waals surface area contributed by atoms with Gasteiger partial charge in [-0.3, -0.25) is 14.5 Å². The first-order chi connectivity index (χ1) is 20.1. The first kappa shape index (κ1) is 30.3. The minimum Gasteiger partial charge on any atom is -0.507 e. The number of para-hydroxylation sites is 1. The van der Waals surface area contributed by atoms with Gasteiger partial charge in [0.25, 0.3) is 5.78 Å². The van der Waals surface area contributed by atoms with E-state index in [9.17, 15) is 19.5 Å². The number of methoxy groups -OCH3 is 2. The van der Waals surface area contributed by atoms with E-state index in [0.29, 0.717) is 40.8 Å². The number of nitrogens with zero attached hydrogens (tertiary/aromatic N) is 2. The molecule has 1 unspecified atom stereocenters. The van der Waals surface area contributed by atoms with Crippen LogP contribution in [-0.2, 0) is 14.3 Å². The van der Waals surface area contributed by atoms with E-state index < -0.39 is 23.7 Å². The van der Waals surface area contributed by atoms with Gasteiger partial charge in [0, 0.05) is 11.1 Å². The molecule has 2 aromatic carbocycles. The Labute approximate surface area is 247 Å². The number of carbonyl (C=O) groups is 3. The van der Waals surface area contributed by atoms with Gasteiger partial charge < -0.3 is 24.1 Å². The fraction of sp³-hybridized carbons (Fsp3) is 0.290. The summed E-state index contributed by atoms with van der Waals surface area (Å²) in [4.78, 5) is 45.7. The molecule has 0 bridgehead atoms. The molecule has 1 fully saturated rings. The first-order valence-electron chi connectivity index (χ1n) is 13.1. The Morgan fingerprint density at radius 3 is 2.48 bits per heavy atom. The van der Waals surface area contributed by atoms with Crippen LogP contribution in [0.5, 0.6) is 17.2 Å². The number of aliphatic hydroxyl groups is 1. The molecule has 1 aliphatic heterocycles. The van der Waals surface area contributed by atoms with Crippen molar-refractivity contribution < 1.29 is 38.4 Å². The minimum absolute atomic E-state index is 0.00166. The van der Waals surface area contributed by atoms with E-state index in [-0.39, 0.29) is 33.7 Å². The van der Waals surface area contributed by atoms with Gasteiger partial charge in [0.2, 0.25) is 0 Å². The van der Waals surface area contributed by atoms with Crippen molar-refractivity contribution in [3.05, 3.63) is 82.4 Å². The summed E-state index contributed by atoms with van der Waals surface area (Å²) in [5.74, 6) is -1.33. The number of carbonyl (C=O) groups excluding carboxylic acids is 3. The number of anilines is 1. The van der Waals surface area contributed by atoms with Gasteiger partial charge in [-0.15, -0.1) is 0 Å². The summed E-state index contributed by atoms with van der Waals surface area (Å²) in [5.41, 5.74) is 0.823. The number of benzene rings is 2. The molecule has 2 heterocycles. The molecule has 0 radical (unpaired) electrons. The van der Waals surface area contributed by atoms with Crippen LogP contribution in [0.2, 0.25) is 0 Å². The maximum absolute atomic E-state index is 13.6. The maximum atomic E-state index is 13.6. The fourth-order valence-corrected chi connectivity index (χ4v) is 5.44. The first-order valence-corrected chi connectivity index (χ1v) is 13.9. The number of thiazole rings is 1. The number of Topliss-reactive ketones (excluding diaryl/α,β-unsaturated/α-hetero) is 1. The summed E-state index contributed by atoms with van der Waals surface area (Å²) >= 11 is 0.902. The van der Waals surface area contributed by atoms with Gasteiger partial charge in [0.05, 0.1) is 32.1 Å². The van der Waals surface area contributed by atoms with Crippen LogP contribution in [0, 0.1) is 12.8 Å². The zero-order valence-electron chi connectivity index (χ0n) is 24.0. The number of hydrogen-bond donors (Lipinski definition) is 1. The third-order valence-electron chi connectivity index (χ3n) is 6.39. The molecular formula is C31H32N2O8S. The smallest absolute Gasteiger partial charge is 0.350 e. The summed E-state index contributed by atoms with van der Waals surface area (Å²) in [6, 6.07) is 10.4. The molecule has 1 saturated heterocycles. The Kier molecular flexibility index (Phi) is 9.31. The molecular weight excluding hydrogens is 560 g/mol. The van der Waals surface area contributed by atoms with Crippen LogP contribution in [0.3, 0.4) is 0 Å². The van der Waals surface area contributed by atoms with E-state index in [1.807, 2.05) is 13.8 Å². The Balaban J connectivity index is 1.89. The molecule has 4 rings (SSSR count). The summed E-state index contributed by atoms with van der Waals surface area (Å²) in [6.07, 6.45) is 1.44. The average Bonchev–Trinajstić information content (AvgIpc) is 3.50. The summed E-state index contributed by atoms with van der Waals surface area (Å²) in [7, 11) is 2.90. The number of aromatic nitrogens is 1. The van der Waals surface area contributed by atoms with E-state index in [4.69, 9.17) is 18.9 Å². The maximum Gasteiger partial charge on any atom is 0.350 e. The number of aliphatic hydroxyl groups excluding tert-OH is 1. The van der Waals surface area contributed by atoms with Crippen LogP contribution in [-0.4, -0.2) is 55.2 Å². The van der Waals surface area contributed by atoms with Crippen LogP contribution in [0.4, 0.5) is 5.13 Å². The molecule has 1 aromatic heterocycles. The van der Waals surface area contributed by atoms with Crippen molar-refractivity contribution in [2.24, 2.45) is 5.92 Å². The molecule has 1 atom stereocenters. The molecule has 0 saturated carbocycles. The van der Waals surface area contributed by atoms with Crippen molar-refractivity contribution in [2.45, 2.75) is 26.8 Å². The quantitative estimate of drug-likeness (QED) is 0.101. The second-order valence-corrected chi connectivity index (χ2v) is 10.8. The number of aryl methyl sites for hydroxylation is 1. The van der Waals surface area contributed by atoms with E-state index in [1.165, 1.54) is 20.3 Å². The molecule has 1 amide bonds. The van der Waals surface area contributed by atoms with Crippen molar-refractivity contribution in [1.82, 2.24) is 4.98 Å². The number of rotatable bonds is 11. The number of hydrogen-bond acceptors (Lipinski definition) is 10. The molecule has 0 spiro atoms. The molecule has 42 heavy (non-hydrogen) atoms. The van der Waals surface area contributed by atoms with Gasteiger partial charge in [-0.2, -0.15) is 0 Å². The highest BCUT2D eigenvalue weighted by atomic mass is 32.1. The second kappa shape index (κ2) is 12.9. The predicted molar refractivity (Wildman–Crippen MR) is 158 cm³/mol. The van der Waals surface area contributed by atoms with Crippen LogP contribution >= 0.6 is 11.3 Å². The summed E-state index contributed by atoms with van der Waals surface area (Å²) in [5, 5.41) is 11.6. The van der Waals surface area contributed by atoms with E-state index in [1.54, 1.807) is 49.4 Å². The zero-order chi connectivity index (χ0) is 30.6. The standard InChI is InChI=1S/C31H32N2O8S/c1-7-15-40-30(37)28-18(4)32-31(42-28)33-24(21-9-8-10-22(38-5)27(21)39-6)23(26(35)29(33)36)25(34)19-11-13-20(14-12-19)41-16-17(2)3/h7-14,17,24,34H,1,15-16H2,2-6H3/b25-23+. The summed E-state index contributed by atoms with van der Waals surface area (Å²) in [6.45, 7) is 9.72. The number of esters is 1. The van der Waals surface area contributed by atoms with Crippen LogP contribution in [0.25, 0.3) is 5.76 Å². The van der Waals surface area contributed by atoms with Crippen molar-refractivity contribution in [2.75, 3.05) is 32.3 Å². The number of ketones is 1. The van der Waals surface area contributed by atoms with Crippen molar-refractivity contribution >= 4 is 39.9 Å². The van der Waals surface area contributed by atoms with Gasteiger partial charge in [-0.1, -0.05) is 50.0 Å². The average molecular weight is 593 g/mol. The lowest BCUT2D eigenvalue weighted by atomic mass is 9.94. The Hall–Kier alpha value is -4.64. The molecule has 11 heteroatoms. The van der Waals surface area contributed by atoms with Gasteiger partial charge in [0.15, 0.2) is 16.6 Å². The highest BCUT2D eigenvalue weighted by Gasteiger charge is 2.49. The van der Waals surface area contributed by atoms with Gasteiger partial charge in [-0.05, 0) is 43.2 Å². The van der Waals surface area contributed by atoms with Crippen LogP contribution in [0.1, 0.15) is 46.4 Å². The highest BCUT2D eigenvalue weighted by Crippen LogP contribution is 2.48. The van der Waals surface area contributed by atoms with E-state index >= 15 is 0 Å². The van der Waals surface area contributed by atoms with Crippen molar-refractivity contribution in [3.63, 3.8) is 0 Å². The normalized spacial score (nSPS) is 16.0. The van der Waals surface area contributed by atoms with Gasteiger partial charge in [0.1, 0.15) is 29.0 Å². The van der Waals surface area contributed by atoms with E-state index in [2.05, 4.69) is 11.6 Å². The van der Waals surface area contributed by atoms with Crippen molar-refractivity contribution in [1.29, 1.82) is 0 Å². The van der Waals surface area contributed by atoms with Gasteiger partial charge in [-0.25, -0.2) is 9.78 Å². The Morgan fingerprint density at radius 2 is 1.86 bits per heavy atom. The van der Waals surface area contributed by atoms with Gasteiger partial charge >= 0.3 is 11.9 Å². The second-order valence-electron chi connectivity index (χ2n) is 9.78. The lowest BCUT2D eigenvalue weighted by molar-refractivity contribution is -0.132. The third-order valence-corrected chi connectivity index (χ3v) is 7.53. The molecule has 10 nitrogen and oxygen atoms in total. The largest absolute Gasteiger partial charge is 0.507 e. The zero-order valence-corrected chi connectivity index (χ0v) is 24.8. The summed E-state index contributed by atoms with van der Waals surface area (Å²) < 4.78 is 22.0. The molecule has 220 valence electrons. The number of amides is 1. The molecule has 3 aromatic rings.